The largest absolute Gasteiger partial charge is 0.362 e. The van der Waals surface area contributed by atoms with E-state index in [9.17, 15) is 9.59 Å². The van der Waals surface area contributed by atoms with Gasteiger partial charge < -0.3 is 19.9 Å². The monoisotopic (exact) mass is 371 g/mol. The first-order valence-electron chi connectivity index (χ1n) is 10.1. The van der Waals surface area contributed by atoms with Crippen molar-refractivity contribution < 1.29 is 14.3 Å². The molecule has 146 valence electrons. The lowest BCUT2D eigenvalue weighted by Gasteiger charge is -2.44. The Hall–Kier alpha value is -2.08. The third-order valence-corrected chi connectivity index (χ3v) is 6.41. The molecule has 0 unspecified atom stereocenters. The Balaban J connectivity index is 1.34. The Bertz CT molecular complexity index is 689. The lowest BCUT2D eigenvalue weighted by atomic mass is 9.80. The lowest BCUT2D eigenvalue weighted by Crippen LogP contribution is -2.54. The molecule has 4 rings (SSSR count). The van der Waals surface area contributed by atoms with Crippen LogP contribution in [0.3, 0.4) is 0 Å². The Morgan fingerprint density at radius 1 is 1.07 bits per heavy atom. The molecule has 0 radical (unpaired) electrons. The fraction of sp³-hybridized carbons (Fsp3) is 0.619. The van der Waals surface area contributed by atoms with E-state index in [2.05, 4.69) is 12.2 Å². The Morgan fingerprint density at radius 3 is 2.52 bits per heavy atom. The molecular weight excluding hydrogens is 342 g/mol. The summed E-state index contributed by atoms with van der Waals surface area (Å²) < 4.78 is 6.37. The van der Waals surface area contributed by atoms with Gasteiger partial charge in [0.2, 0.25) is 0 Å². The van der Waals surface area contributed by atoms with Crippen LogP contribution < -0.4 is 5.32 Å². The second-order valence-electron chi connectivity index (χ2n) is 8.14. The maximum Gasteiger partial charge on any atom is 0.321 e. The number of para-hydroxylation sites is 1. The summed E-state index contributed by atoms with van der Waals surface area (Å²) in [5.41, 5.74) is 0.549. The number of piperidine rings is 1. The minimum atomic E-state index is -0.296. The number of carbonyl (C=O) groups is 2. The SMILES string of the molecule is C[C@@H]1CN(C(=O)Nc2ccccc2)CC[C@]12CC[C@H](C(=O)N1CCCC1)O2. The summed E-state index contributed by atoms with van der Waals surface area (Å²) in [4.78, 5) is 29.1. The summed E-state index contributed by atoms with van der Waals surface area (Å²) in [7, 11) is 0. The van der Waals surface area contributed by atoms with Gasteiger partial charge in [-0.15, -0.1) is 0 Å². The number of ether oxygens (including phenoxy) is 1. The molecule has 3 amide bonds. The third kappa shape index (κ3) is 3.68. The maximum absolute atomic E-state index is 12.7. The number of nitrogens with one attached hydrogen (secondary N) is 1. The first-order chi connectivity index (χ1) is 13.1. The van der Waals surface area contributed by atoms with Crippen LogP contribution in [0.5, 0.6) is 0 Å². The summed E-state index contributed by atoms with van der Waals surface area (Å²) in [5.74, 6) is 0.380. The predicted molar refractivity (Wildman–Crippen MR) is 103 cm³/mol. The van der Waals surface area contributed by atoms with Crippen LogP contribution in [0, 0.1) is 5.92 Å². The highest BCUT2D eigenvalue weighted by Gasteiger charge is 2.50. The van der Waals surface area contributed by atoms with Crippen LogP contribution in [0.15, 0.2) is 30.3 Å². The van der Waals surface area contributed by atoms with Crippen LogP contribution in [-0.2, 0) is 9.53 Å². The van der Waals surface area contributed by atoms with Crippen molar-refractivity contribution in [1.82, 2.24) is 9.80 Å². The van der Waals surface area contributed by atoms with Gasteiger partial charge in [-0.05, 0) is 44.2 Å². The highest BCUT2D eigenvalue weighted by atomic mass is 16.5. The van der Waals surface area contributed by atoms with Crippen LogP contribution in [0.2, 0.25) is 0 Å². The second-order valence-corrected chi connectivity index (χ2v) is 8.14. The zero-order valence-electron chi connectivity index (χ0n) is 16.0. The molecule has 3 fully saturated rings. The fourth-order valence-corrected chi connectivity index (χ4v) is 4.71. The van der Waals surface area contributed by atoms with Gasteiger partial charge in [0.25, 0.3) is 5.91 Å². The predicted octanol–water partition coefficient (Wildman–Crippen LogP) is 3.10. The summed E-state index contributed by atoms with van der Waals surface area (Å²) >= 11 is 0. The van der Waals surface area contributed by atoms with Crippen molar-refractivity contribution in [2.45, 2.75) is 50.7 Å². The summed E-state index contributed by atoms with van der Waals surface area (Å²) in [6.07, 6.45) is 4.41. The van der Waals surface area contributed by atoms with E-state index in [-0.39, 0.29) is 29.6 Å². The highest BCUT2D eigenvalue weighted by Crippen LogP contribution is 2.43. The molecule has 3 heterocycles. The van der Waals surface area contributed by atoms with Gasteiger partial charge in [0.1, 0.15) is 6.10 Å². The smallest absolute Gasteiger partial charge is 0.321 e. The summed E-state index contributed by atoms with van der Waals surface area (Å²) in [6, 6.07) is 9.47. The van der Waals surface area contributed by atoms with E-state index in [1.54, 1.807) is 0 Å². The molecule has 1 N–H and O–H groups in total. The number of rotatable bonds is 2. The number of benzene rings is 1. The molecule has 6 heteroatoms. The average Bonchev–Trinajstić information content (AvgIpc) is 3.35. The summed E-state index contributed by atoms with van der Waals surface area (Å²) in [5, 5.41) is 2.96. The van der Waals surface area contributed by atoms with Crippen LogP contribution in [-0.4, -0.2) is 59.6 Å². The number of nitrogens with zero attached hydrogens (tertiary/aromatic N) is 2. The van der Waals surface area contributed by atoms with E-state index < -0.39 is 0 Å². The molecule has 3 aliphatic heterocycles. The normalized spacial score (nSPS) is 30.7. The molecule has 0 aliphatic carbocycles. The second kappa shape index (κ2) is 7.50. The number of carbonyl (C=O) groups excluding carboxylic acids is 2. The fourth-order valence-electron chi connectivity index (χ4n) is 4.71. The van der Waals surface area contributed by atoms with E-state index in [0.29, 0.717) is 13.1 Å². The molecule has 3 aliphatic rings. The van der Waals surface area contributed by atoms with Crippen LogP contribution in [0.4, 0.5) is 10.5 Å². The molecule has 3 atom stereocenters. The lowest BCUT2D eigenvalue weighted by molar-refractivity contribution is -0.154. The number of anilines is 1. The van der Waals surface area contributed by atoms with Crippen molar-refractivity contribution in [1.29, 1.82) is 0 Å². The van der Waals surface area contributed by atoms with Gasteiger partial charge in [-0.3, -0.25) is 4.79 Å². The maximum atomic E-state index is 12.7. The van der Waals surface area contributed by atoms with Crippen LogP contribution in [0.1, 0.15) is 39.0 Å². The quantitative estimate of drug-likeness (QED) is 0.869. The van der Waals surface area contributed by atoms with Gasteiger partial charge in [0.15, 0.2) is 0 Å². The molecule has 1 aromatic carbocycles. The molecular formula is C21H29N3O3. The van der Waals surface area contributed by atoms with Gasteiger partial charge in [-0.1, -0.05) is 25.1 Å². The van der Waals surface area contributed by atoms with Crippen molar-refractivity contribution >= 4 is 17.6 Å². The first kappa shape index (κ1) is 18.3. The van der Waals surface area contributed by atoms with E-state index in [0.717, 1.165) is 50.9 Å². The zero-order valence-corrected chi connectivity index (χ0v) is 16.0. The van der Waals surface area contributed by atoms with Crippen molar-refractivity contribution in [3.8, 4) is 0 Å². The van der Waals surface area contributed by atoms with Crippen LogP contribution in [0.25, 0.3) is 0 Å². The third-order valence-electron chi connectivity index (χ3n) is 6.41. The number of likely N-dealkylation sites (tertiary alicyclic amines) is 2. The zero-order chi connectivity index (χ0) is 18.9. The number of hydrogen-bond donors (Lipinski definition) is 1. The molecule has 0 bridgehead atoms. The van der Waals surface area contributed by atoms with E-state index in [1.807, 2.05) is 40.1 Å². The van der Waals surface area contributed by atoms with Crippen LogP contribution >= 0.6 is 0 Å². The van der Waals surface area contributed by atoms with Gasteiger partial charge in [-0.2, -0.15) is 0 Å². The minimum Gasteiger partial charge on any atom is -0.362 e. The Kier molecular flexibility index (Phi) is 5.08. The van der Waals surface area contributed by atoms with Gasteiger partial charge in [0, 0.05) is 37.8 Å². The molecule has 0 saturated carbocycles. The van der Waals surface area contributed by atoms with E-state index in [4.69, 9.17) is 4.74 Å². The topological polar surface area (TPSA) is 61.9 Å². The van der Waals surface area contributed by atoms with Crippen molar-refractivity contribution in [3.05, 3.63) is 30.3 Å². The average molecular weight is 371 g/mol. The Morgan fingerprint density at radius 2 is 1.81 bits per heavy atom. The summed E-state index contributed by atoms with van der Waals surface area (Å²) in [6.45, 7) is 5.20. The molecule has 0 aromatic heterocycles. The highest BCUT2D eigenvalue weighted by molar-refractivity contribution is 5.89. The van der Waals surface area contributed by atoms with Crippen molar-refractivity contribution in [3.63, 3.8) is 0 Å². The number of hydrogen-bond acceptors (Lipinski definition) is 3. The van der Waals surface area contributed by atoms with E-state index in [1.165, 1.54) is 0 Å². The molecule has 1 spiro atoms. The van der Waals surface area contributed by atoms with Crippen molar-refractivity contribution in [2.24, 2.45) is 5.92 Å². The van der Waals surface area contributed by atoms with Crippen molar-refractivity contribution in [2.75, 3.05) is 31.5 Å². The standard InChI is InChI=1S/C21H29N3O3/c1-16-15-24(20(26)22-17-7-3-2-4-8-17)14-11-21(16)10-9-18(27-21)19(25)23-12-5-6-13-23/h2-4,7-8,16,18H,5-6,9-15H2,1H3,(H,22,26)/t16-,18-,21-/m1/s1. The first-order valence-corrected chi connectivity index (χ1v) is 10.1. The number of urea groups is 1. The Labute approximate surface area is 160 Å². The van der Waals surface area contributed by atoms with Gasteiger partial charge in [-0.25, -0.2) is 4.79 Å². The molecule has 3 saturated heterocycles. The number of amides is 3. The van der Waals surface area contributed by atoms with E-state index >= 15 is 0 Å². The molecule has 27 heavy (non-hydrogen) atoms. The minimum absolute atomic E-state index is 0.0643. The molecule has 1 aromatic rings. The van der Waals surface area contributed by atoms with Gasteiger partial charge in [0.05, 0.1) is 5.60 Å². The van der Waals surface area contributed by atoms with Gasteiger partial charge >= 0.3 is 6.03 Å². The molecule has 6 nitrogen and oxygen atoms in total.